The quantitative estimate of drug-likeness (QED) is 0.489. The lowest BCUT2D eigenvalue weighted by atomic mass is 10.1. The van der Waals surface area contributed by atoms with Gasteiger partial charge in [0.05, 0.1) is 29.4 Å². The zero-order valence-electron chi connectivity index (χ0n) is 15.0. The minimum atomic E-state index is -0.186. The van der Waals surface area contributed by atoms with Gasteiger partial charge in [-0.3, -0.25) is 9.36 Å². The number of hydrogen-bond donors (Lipinski definition) is 0. The van der Waals surface area contributed by atoms with Crippen molar-refractivity contribution in [3.05, 3.63) is 83.5 Å². The van der Waals surface area contributed by atoms with E-state index in [1.54, 1.807) is 22.4 Å². The largest absolute Gasteiger partial charge is 0.497 e. The van der Waals surface area contributed by atoms with E-state index in [1.165, 1.54) is 6.33 Å². The zero-order valence-corrected chi connectivity index (χ0v) is 15.0. The fourth-order valence-electron chi connectivity index (χ4n) is 3.35. The highest BCUT2D eigenvalue weighted by atomic mass is 16.5. The normalized spacial score (nSPS) is 11.2. The summed E-state index contributed by atoms with van der Waals surface area (Å²) < 4.78 is 8.49. The Morgan fingerprint density at radius 2 is 1.86 bits per heavy atom. The van der Waals surface area contributed by atoms with Crippen LogP contribution in [0.3, 0.4) is 0 Å². The molecule has 0 amide bonds. The molecule has 3 heterocycles. The van der Waals surface area contributed by atoms with E-state index in [0.29, 0.717) is 33.8 Å². The number of hydrogen-bond acceptors (Lipinski definition) is 5. The molecular formula is C21H15N5O2. The van der Waals surface area contributed by atoms with Gasteiger partial charge in [-0.1, -0.05) is 36.4 Å². The Bertz CT molecular complexity index is 1370. The lowest BCUT2D eigenvalue weighted by Gasteiger charge is -2.12. The number of fused-ring (bicyclic) bond motifs is 2. The van der Waals surface area contributed by atoms with Crippen LogP contribution in [-0.2, 0) is 0 Å². The van der Waals surface area contributed by atoms with E-state index in [0.717, 1.165) is 5.56 Å². The van der Waals surface area contributed by atoms with Gasteiger partial charge in [-0.2, -0.15) is 14.6 Å². The summed E-state index contributed by atoms with van der Waals surface area (Å²) >= 11 is 0. The van der Waals surface area contributed by atoms with Gasteiger partial charge in [0.25, 0.3) is 11.3 Å². The highest BCUT2D eigenvalue weighted by Crippen LogP contribution is 2.26. The van der Waals surface area contributed by atoms with E-state index >= 15 is 0 Å². The van der Waals surface area contributed by atoms with Crippen molar-refractivity contribution in [3.8, 4) is 22.7 Å². The molecule has 0 saturated carbocycles. The molecule has 3 aromatic heterocycles. The molecule has 0 saturated heterocycles. The van der Waals surface area contributed by atoms with E-state index in [4.69, 9.17) is 4.74 Å². The number of pyridine rings is 1. The van der Waals surface area contributed by atoms with Crippen molar-refractivity contribution in [2.24, 2.45) is 0 Å². The van der Waals surface area contributed by atoms with Crippen LogP contribution < -0.4 is 10.3 Å². The van der Waals surface area contributed by atoms with Gasteiger partial charge in [-0.25, -0.2) is 4.98 Å². The predicted octanol–water partition coefficient (Wildman–Crippen LogP) is 3.10. The minimum Gasteiger partial charge on any atom is -0.497 e. The Kier molecular flexibility index (Phi) is 3.65. The maximum absolute atomic E-state index is 13.5. The zero-order chi connectivity index (χ0) is 19.1. The first-order valence-electron chi connectivity index (χ1n) is 8.71. The SMILES string of the molecule is COc1cccc(-n2ccc3nc4ncnn4c(-c4ccccc4)c3c2=O)c1. The topological polar surface area (TPSA) is 74.3 Å². The maximum atomic E-state index is 13.5. The third-order valence-corrected chi connectivity index (χ3v) is 4.65. The molecule has 7 nitrogen and oxygen atoms in total. The Labute approximate surface area is 159 Å². The Balaban J connectivity index is 1.90. The van der Waals surface area contributed by atoms with Crippen molar-refractivity contribution in [2.75, 3.05) is 7.11 Å². The summed E-state index contributed by atoms with van der Waals surface area (Å²) in [6.07, 6.45) is 3.16. The summed E-state index contributed by atoms with van der Waals surface area (Å²) in [6, 6.07) is 18.8. The number of ether oxygens (including phenoxy) is 1. The van der Waals surface area contributed by atoms with Crippen LogP contribution in [0.15, 0.2) is 78.0 Å². The first-order valence-corrected chi connectivity index (χ1v) is 8.71. The molecule has 0 aliphatic rings. The molecule has 28 heavy (non-hydrogen) atoms. The second-order valence-corrected chi connectivity index (χ2v) is 6.25. The molecule has 0 unspecified atom stereocenters. The van der Waals surface area contributed by atoms with Crippen LogP contribution in [0.2, 0.25) is 0 Å². The van der Waals surface area contributed by atoms with Gasteiger partial charge in [-0.05, 0) is 18.2 Å². The molecule has 5 rings (SSSR count). The summed E-state index contributed by atoms with van der Waals surface area (Å²) in [4.78, 5) is 22.2. The molecule has 0 N–H and O–H groups in total. The average Bonchev–Trinajstić information content (AvgIpc) is 3.21. The van der Waals surface area contributed by atoms with Gasteiger partial charge in [0, 0.05) is 17.8 Å². The lowest BCUT2D eigenvalue weighted by Crippen LogP contribution is -2.20. The average molecular weight is 369 g/mol. The standard InChI is InChI=1S/C21H15N5O2/c1-28-16-9-5-8-15(12-16)25-11-10-17-18(20(25)27)19(14-6-3-2-4-7-14)26-21(24-17)22-13-23-26/h2-13H,1H3. The molecule has 0 radical (unpaired) electrons. The smallest absolute Gasteiger partial charge is 0.266 e. The number of methoxy groups -OCH3 is 1. The molecule has 7 heteroatoms. The van der Waals surface area contributed by atoms with Gasteiger partial charge in [0.1, 0.15) is 12.1 Å². The summed E-state index contributed by atoms with van der Waals surface area (Å²) in [6.45, 7) is 0. The fraction of sp³-hybridized carbons (Fsp3) is 0.0476. The molecular weight excluding hydrogens is 354 g/mol. The van der Waals surface area contributed by atoms with Crippen molar-refractivity contribution in [2.45, 2.75) is 0 Å². The van der Waals surface area contributed by atoms with E-state index in [9.17, 15) is 4.79 Å². The number of nitrogens with zero attached hydrogens (tertiary/aromatic N) is 5. The van der Waals surface area contributed by atoms with Crippen LogP contribution in [0.25, 0.3) is 33.6 Å². The van der Waals surface area contributed by atoms with E-state index in [2.05, 4.69) is 15.1 Å². The molecule has 0 fully saturated rings. The monoisotopic (exact) mass is 369 g/mol. The van der Waals surface area contributed by atoms with Gasteiger partial charge < -0.3 is 4.74 Å². The summed E-state index contributed by atoms with van der Waals surface area (Å²) in [5.74, 6) is 1.13. The molecule has 0 aliphatic heterocycles. The Morgan fingerprint density at radius 3 is 2.68 bits per heavy atom. The fourth-order valence-corrected chi connectivity index (χ4v) is 3.35. The second kappa shape index (κ2) is 6.31. The van der Waals surface area contributed by atoms with Crippen LogP contribution in [0, 0.1) is 0 Å². The summed E-state index contributed by atoms with van der Waals surface area (Å²) in [5.41, 5.74) is 2.63. The number of benzene rings is 2. The molecule has 0 aliphatic carbocycles. The summed E-state index contributed by atoms with van der Waals surface area (Å²) in [7, 11) is 1.60. The van der Waals surface area contributed by atoms with Crippen molar-refractivity contribution in [1.29, 1.82) is 0 Å². The summed E-state index contributed by atoms with van der Waals surface area (Å²) in [5, 5.41) is 4.77. The van der Waals surface area contributed by atoms with Gasteiger partial charge in [0.2, 0.25) is 0 Å². The molecule has 136 valence electrons. The van der Waals surface area contributed by atoms with Gasteiger partial charge in [0.15, 0.2) is 0 Å². The Morgan fingerprint density at radius 1 is 1.00 bits per heavy atom. The molecule has 0 spiro atoms. The second-order valence-electron chi connectivity index (χ2n) is 6.25. The predicted molar refractivity (Wildman–Crippen MR) is 106 cm³/mol. The van der Waals surface area contributed by atoms with Crippen molar-refractivity contribution >= 4 is 16.7 Å². The van der Waals surface area contributed by atoms with E-state index in [1.807, 2.05) is 60.7 Å². The first-order chi connectivity index (χ1) is 13.8. The molecule has 0 bridgehead atoms. The van der Waals surface area contributed by atoms with Crippen LogP contribution in [0.4, 0.5) is 0 Å². The minimum absolute atomic E-state index is 0.186. The number of aromatic nitrogens is 5. The van der Waals surface area contributed by atoms with Crippen molar-refractivity contribution in [3.63, 3.8) is 0 Å². The molecule has 0 atom stereocenters. The maximum Gasteiger partial charge on any atom is 0.266 e. The number of rotatable bonds is 3. The van der Waals surface area contributed by atoms with Crippen LogP contribution in [0.5, 0.6) is 5.75 Å². The van der Waals surface area contributed by atoms with E-state index < -0.39 is 0 Å². The Hall–Kier alpha value is -4.00. The third kappa shape index (κ3) is 2.44. The van der Waals surface area contributed by atoms with Crippen molar-refractivity contribution in [1.82, 2.24) is 24.1 Å². The van der Waals surface area contributed by atoms with E-state index in [-0.39, 0.29) is 5.56 Å². The highest BCUT2D eigenvalue weighted by Gasteiger charge is 2.17. The van der Waals surface area contributed by atoms with Crippen LogP contribution in [0.1, 0.15) is 0 Å². The molecule has 2 aromatic carbocycles. The van der Waals surface area contributed by atoms with Gasteiger partial charge >= 0.3 is 0 Å². The highest BCUT2D eigenvalue weighted by molar-refractivity contribution is 5.93. The molecule has 5 aromatic rings. The van der Waals surface area contributed by atoms with Crippen molar-refractivity contribution < 1.29 is 4.74 Å². The lowest BCUT2D eigenvalue weighted by molar-refractivity contribution is 0.414. The third-order valence-electron chi connectivity index (χ3n) is 4.65. The van der Waals surface area contributed by atoms with Crippen LogP contribution in [-0.4, -0.2) is 31.3 Å². The van der Waals surface area contributed by atoms with Crippen LogP contribution >= 0.6 is 0 Å². The first kappa shape index (κ1) is 16.2. The van der Waals surface area contributed by atoms with Gasteiger partial charge in [-0.15, -0.1) is 0 Å².